The van der Waals surface area contributed by atoms with Crippen LogP contribution in [0.3, 0.4) is 0 Å². The van der Waals surface area contributed by atoms with Crippen LogP contribution < -0.4 is 16.0 Å². The van der Waals surface area contributed by atoms with Crippen molar-refractivity contribution >= 4 is 29.9 Å². The van der Waals surface area contributed by atoms with Gasteiger partial charge in [0, 0.05) is 25.7 Å². The van der Waals surface area contributed by atoms with Crippen LogP contribution in [0, 0.1) is 0 Å². The van der Waals surface area contributed by atoms with Gasteiger partial charge >= 0.3 is 12.2 Å². The molecule has 2 aromatic carbocycles. The Bertz CT molecular complexity index is 1960. The third-order valence-electron chi connectivity index (χ3n) is 9.27. The number of carbonyl (C=O) groups excluding carboxylic acids is 5. The molecular formula is C38H47N9O7. The number of alkyl carbamates (subject to hydrolysis) is 2. The number of aromatic nitrogens is 4. The minimum absolute atomic E-state index is 0.108. The van der Waals surface area contributed by atoms with E-state index in [1.807, 2.05) is 55.5 Å². The van der Waals surface area contributed by atoms with Crippen LogP contribution in [0.5, 0.6) is 0 Å². The van der Waals surface area contributed by atoms with Crippen molar-refractivity contribution in [2.24, 2.45) is 0 Å². The summed E-state index contributed by atoms with van der Waals surface area (Å²) in [7, 11) is 4.02. The van der Waals surface area contributed by atoms with E-state index in [1.54, 1.807) is 29.8 Å². The van der Waals surface area contributed by atoms with Gasteiger partial charge in [-0.3, -0.25) is 14.4 Å². The van der Waals surface area contributed by atoms with Gasteiger partial charge in [0.2, 0.25) is 11.8 Å². The number of H-pyrrole nitrogens is 2. The standard InChI is InChI=1S/C38H47N9O7/c1-7-18-46(35(49)22(2)41-37(51)53-5)21-30-44-31(32(45-30)34(48)39-4)27-16-12-25(13-17-27)24-10-14-26(15-11-24)28-20-40-33(43-28)29-9-8-19-47(29)36(50)23(3)42-38(52)54-6/h10-17,20,22-23,29H,7-9,18-19,21H2,1-6H3,(H,39,48)(H,40,43)(H,41,51)(H,42,52)(H,44,45)/t22-,23+,29-/m0/s1. The van der Waals surface area contributed by atoms with Crippen LogP contribution in [-0.4, -0.2) is 106 Å². The van der Waals surface area contributed by atoms with Gasteiger partial charge in [-0.05, 0) is 49.8 Å². The predicted molar refractivity (Wildman–Crippen MR) is 200 cm³/mol. The molecule has 5 amide bonds. The molecule has 3 atom stereocenters. The molecule has 0 radical (unpaired) electrons. The van der Waals surface area contributed by atoms with Crippen molar-refractivity contribution in [1.82, 2.24) is 45.7 Å². The molecule has 0 aliphatic carbocycles. The molecule has 0 spiro atoms. The van der Waals surface area contributed by atoms with E-state index in [4.69, 9.17) is 0 Å². The summed E-state index contributed by atoms with van der Waals surface area (Å²) < 4.78 is 9.26. The highest BCUT2D eigenvalue weighted by Gasteiger charge is 2.35. The minimum Gasteiger partial charge on any atom is -0.453 e. The second-order valence-corrected chi connectivity index (χ2v) is 13.0. The lowest BCUT2D eigenvalue weighted by molar-refractivity contribution is -0.134. The molecular weight excluding hydrogens is 694 g/mol. The van der Waals surface area contributed by atoms with Gasteiger partial charge in [-0.1, -0.05) is 55.5 Å². The minimum atomic E-state index is -0.816. The van der Waals surface area contributed by atoms with Gasteiger partial charge in [-0.25, -0.2) is 19.6 Å². The Morgan fingerprint density at radius 3 is 2.07 bits per heavy atom. The number of methoxy groups -OCH3 is 2. The second kappa shape index (κ2) is 17.6. The van der Waals surface area contributed by atoms with Gasteiger partial charge < -0.3 is 45.2 Å². The van der Waals surface area contributed by atoms with Crippen molar-refractivity contribution in [2.45, 2.75) is 64.7 Å². The first-order chi connectivity index (χ1) is 26.0. The van der Waals surface area contributed by atoms with Crippen molar-refractivity contribution in [1.29, 1.82) is 0 Å². The van der Waals surface area contributed by atoms with E-state index >= 15 is 0 Å². The van der Waals surface area contributed by atoms with Crippen LogP contribution >= 0.6 is 0 Å². The maximum atomic E-state index is 13.2. The Morgan fingerprint density at radius 2 is 1.48 bits per heavy atom. The molecule has 0 bridgehead atoms. The monoisotopic (exact) mass is 741 g/mol. The zero-order chi connectivity index (χ0) is 38.9. The Hall–Kier alpha value is -6.19. The number of rotatable bonds is 13. The number of imidazole rings is 2. The van der Waals surface area contributed by atoms with Gasteiger partial charge in [0.15, 0.2) is 5.69 Å². The van der Waals surface area contributed by atoms with Gasteiger partial charge in [-0.15, -0.1) is 0 Å². The third-order valence-corrected chi connectivity index (χ3v) is 9.27. The van der Waals surface area contributed by atoms with E-state index in [9.17, 15) is 24.0 Å². The molecule has 4 aromatic rings. The van der Waals surface area contributed by atoms with Gasteiger partial charge in [0.25, 0.3) is 5.91 Å². The molecule has 16 nitrogen and oxygen atoms in total. The average molecular weight is 742 g/mol. The number of hydrogen-bond acceptors (Lipinski definition) is 9. The summed E-state index contributed by atoms with van der Waals surface area (Å²) in [6.45, 7) is 6.26. The van der Waals surface area contributed by atoms with Crippen LogP contribution in [0.25, 0.3) is 33.6 Å². The lowest BCUT2D eigenvalue weighted by atomic mass is 10.0. The first kappa shape index (κ1) is 39.0. The number of nitrogens with one attached hydrogen (secondary N) is 5. The number of aromatic amines is 2. The predicted octanol–water partition coefficient (Wildman–Crippen LogP) is 4.38. The van der Waals surface area contributed by atoms with E-state index in [0.29, 0.717) is 36.9 Å². The van der Waals surface area contributed by atoms with Crippen molar-refractivity contribution in [3.05, 3.63) is 72.1 Å². The van der Waals surface area contributed by atoms with Crippen molar-refractivity contribution in [3.63, 3.8) is 0 Å². The Morgan fingerprint density at radius 1 is 0.889 bits per heavy atom. The summed E-state index contributed by atoms with van der Waals surface area (Å²) in [5, 5.41) is 7.69. The summed E-state index contributed by atoms with van der Waals surface area (Å²) in [6, 6.07) is 14.0. The Balaban J connectivity index is 1.29. The molecule has 1 fully saturated rings. The SMILES string of the molecule is CCCN(Cc1nc(C(=O)NC)c(-c2ccc(-c3ccc(-c4cnc([C@@H]5CCCN5C(=O)[C@@H](C)NC(=O)OC)[nH]4)cc3)cc2)[nH]1)C(=O)[C@H](C)NC(=O)OC. The number of hydrogen-bond donors (Lipinski definition) is 5. The zero-order valence-corrected chi connectivity index (χ0v) is 31.3. The molecule has 0 saturated carbocycles. The number of ether oxygens (including phenoxy) is 2. The number of likely N-dealkylation sites (tertiary alicyclic amines) is 1. The van der Waals surface area contributed by atoms with Crippen molar-refractivity contribution in [2.75, 3.05) is 34.4 Å². The summed E-state index contributed by atoms with van der Waals surface area (Å²) in [5.74, 6) is 0.239. The summed E-state index contributed by atoms with van der Waals surface area (Å²) in [4.78, 5) is 81.6. The lowest BCUT2D eigenvalue weighted by Gasteiger charge is -2.26. The highest BCUT2D eigenvalue weighted by molar-refractivity contribution is 5.98. The molecule has 1 aliphatic rings. The van der Waals surface area contributed by atoms with E-state index in [-0.39, 0.29) is 36.0 Å². The third kappa shape index (κ3) is 8.87. The lowest BCUT2D eigenvalue weighted by Crippen LogP contribution is -2.47. The van der Waals surface area contributed by atoms with Crippen LogP contribution in [0.15, 0.2) is 54.7 Å². The highest BCUT2D eigenvalue weighted by Crippen LogP contribution is 2.33. The highest BCUT2D eigenvalue weighted by atomic mass is 16.5. The summed E-state index contributed by atoms with van der Waals surface area (Å²) in [5.41, 5.74) is 5.13. The van der Waals surface area contributed by atoms with Gasteiger partial charge in [0.05, 0.1) is 44.4 Å². The molecule has 16 heteroatoms. The average Bonchev–Trinajstić information content (AvgIpc) is 3.97. The molecule has 54 heavy (non-hydrogen) atoms. The molecule has 0 unspecified atom stereocenters. The number of amides is 5. The largest absolute Gasteiger partial charge is 0.453 e. The summed E-state index contributed by atoms with van der Waals surface area (Å²) in [6.07, 6.45) is 2.67. The van der Waals surface area contributed by atoms with Crippen molar-refractivity contribution in [3.8, 4) is 33.6 Å². The molecule has 1 saturated heterocycles. The Labute approximate surface area is 313 Å². The number of nitrogens with zero attached hydrogens (tertiary/aromatic N) is 4. The molecule has 286 valence electrons. The van der Waals surface area contributed by atoms with Crippen LogP contribution in [0.1, 0.15) is 68.2 Å². The van der Waals surface area contributed by atoms with Crippen molar-refractivity contribution < 1.29 is 33.4 Å². The fourth-order valence-corrected chi connectivity index (χ4v) is 6.46. The van der Waals surface area contributed by atoms with Gasteiger partial charge in [0.1, 0.15) is 23.7 Å². The number of benzene rings is 2. The molecule has 5 N–H and O–H groups in total. The van der Waals surface area contributed by atoms with E-state index in [0.717, 1.165) is 40.8 Å². The topological polar surface area (TPSA) is 204 Å². The molecule has 2 aromatic heterocycles. The molecule has 5 rings (SSSR count). The number of carbonyl (C=O) groups is 5. The van der Waals surface area contributed by atoms with E-state index in [1.165, 1.54) is 21.3 Å². The molecule has 3 heterocycles. The molecule has 1 aliphatic heterocycles. The normalized spacial score (nSPS) is 14.9. The van der Waals surface area contributed by atoms with Gasteiger partial charge in [-0.2, -0.15) is 0 Å². The maximum Gasteiger partial charge on any atom is 0.407 e. The second-order valence-electron chi connectivity index (χ2n) is 13.0. The fourth-order valence-electron chi connectivity index (χ4n) is 6.46. The van der Waals surface area contributed by atoms with Crippen LogP contribution in [0.2, 0.25) is 0 Å². The first-order valence-corrected chi connectivity index (χ1v) is 17.8. The van der Waals surface area contributed by atoms with E-state index in [2.05, 4.69) is 45.4 Å². The zero-order valence-electron chi connectivity index (χ0n) is 31.3. The first-order valence-electron chi connectivity index (χ1n) is 17.8. The smallest absolute Gasteiger partial charge is 0.407 e. The summed E-state index contributed by atoms with van der Waals surface area (Å²) >= 11 is 0. The Kier molecular flexibility index (Phi) is 12.7. The maximum absolute atomic E-state index is 13.2. The van der Waals surface area contributed by atoms with E-state index < -0.39 is 24.3 Å². The van der Waals surface area contributed by atoms with Crippen LogP contribution in [0.4, 0.5) is 9.59 Å². The fraction of sp³-hybridized carbons (Fsp3) is 0.395. The van der Waals surface area contributed by atoms with Crippen LogP contribution in [-0.2, 0) is 25.6 Å². The quantitative estimate of drug-likeness (QED) is 0.132.